The summed E-state index contributed by atoms with van der Waals surface area (Å²) in [5.74, 6) is -1.95. The molecule has 66 valence electrons. The minimum absolute atomic E-state index is 0.707. The number of carbonyl (C=O) groups excluding carboxylic acids is 2. The smallest absolute Gasteiger partial charge is 0.293 e. The van der Waals surface area contributed by atoms with Crippen LogP contribution in [0.2, 0.25) is 0 Å². The van der Waals surface area contributed by atoms with Gasteiger partial charge in [-0.3, -0.25) is 9.59 Å². The monoisotopic (exact) mass is 177 g/mol. The van der Waals surface area contributed by atoms with Crippen LogP contribution in [-0.4, -0.2) is 23.1 Å². The van der Waals surface area contributed by atoms with Gasteiger partial charge in [-0.05, 0) is 0 Å². The molecule has 0 unspecified atom stereocenters. The van der Waals surface area contributed by atoms with Crippen LogP contribution in [0.5, 0.6) is 0 Å². The Morgan fingerprint density at radius 2 is 2.08 bits per heavy atom. The van der Waals surface area contributed by atoms with Crippen LogP contribution in [0.1, 0.15) is 6.42 Å². The maximum atomic E-state index is 10.6. The van der Waals surface area contributed by atoms with Crippen molar-refractivity contribution in [3.05, 3.63) is 10.1 Å². The lowest BCUT2D eigenvalue weighted by molar-refractivity contribution is -0.729. The molecule has 1 saturated heterocycles. The lowest BCUT2D eigenvalue weighted by Crippen LogP contribution is -2.17. The zero-order valence-electron chi connectivity index (χ0n) is 5.59. The number of nitrogens with zero attached hydrogens (tertiary/aromatic N) is 1. The van der Waals surface area contributed by atoms with Crippen molar-refractivity contribution in [2.24, 2.45) is 0 Å². The second-order valence-corrected chi connectivity index (χ2v) is 1.85. The largest absolute Gasteiger partial charge is 0.311 e. The molecule has 0 N–H and O–H groups in total. The summed E-state index contributed by atoms with van der Waals surface area (Å²) >= 11 is 0. The maximum Gasteiger partial charge on any atom is 0.311 e. The van der Waals surface area contributed by atoms with Gasteiger partial charge in [0, 0.05) is 0 Å². The van der Waals surface area contributed by atoms with E-state index >= 15 is 0 Å². The number of Topliss-reactive ketones (excluding diaryl/α,β-unsaturated/α-hetero) is 1. The molecule has 0 atom stereocenters. The Morgan fingerprint density at radius 1 is 1.50 bits per heavy atom. The van der Waals surface area contributed by atoms with Gasteiger partial charge < -0.3 is 0 Å². The van der Waals surface area contributed by atoms with Crippen LogP contribution in [-0.2, 0) is 24.2 Å². The SMILES string of the molecule is O=C(CC(=O)C1OO1)O[N+](=O)[O-]. The fourth-order valence-electron chi connectivity index (χ4n) is 0.476. The van der Waals surface area contributed by atoms with Gasteiger partial charge in [0.2, 0.25) is 5.78 Å². The highest BCUT2D eigenvalue weighted by Crippen LogP contribution is 2.14. The van der Waals surface area contributed by atoms with Crippen LogP contribution in [0.4, 0.5) is 0 Å². The molecule has 0 spiro atoms. The quantitative estimate of drug-likeness (QED) is 0.177. The molecule has 1 heterocycles. The van der Waals surface area contributed by atoms with E-state index in [2.05, 4.69) is 14.6 Å². The van der Waals surface area contributed by atoms with Crippen molar-refractivity contribution in [2.75, 3.05) is 0 Å². The lowest BCUT2D eigenvalue weighted by Gasteiger charge is -1.92. The molecule has 1 rings (SSSR count). The predicted octanol–water partition coefficient (Wildman–Crippen LogP) is -1.03. The number of carbonyl (C=O) groups is 2. The Bertz CT molecular complexity index is 232. The van der Waals surface area contributed by atoms with E-state index in [1.54, 1.807) is 0 Å². The second-order valence-electron chi connectivity index (χ2n) is 1.85. The Labute approximate surface area is 65.0 Å². The first kappa shape index (κ1) is 8.56. The highest BCUT2D eigenvalue weighted by atomic mass is 17.4. The standard InChI is InChI=1S/C4H3NO7/c6-2(4-11-12-4)1-3(7)10-5(8)9/h4H,1H2. The topological polar surface area (TPSA) is 112 Å². The molecule has 0 bridgehead atoms. The molecule has 0 saturated carbocycles. The van der Waals surface area contributed by atoms with Gasteiger partial charge in [-0.1, -0.05) is 0 Å². The van der Waals surface area contributed by atoms with Crippen molar-refractivity contribution in [1.82, 2.24) is 0 Å². The number of hydrogen-bond donors (Lipinski definition) is 0. The van der Waals surface area contributed by atoms with Gasteiger partial charge in [0.25, 0.3) is 6.29 Å². The molecular weight excluding hydrogens is 174 g/mol. The molecule has 0 radical (unpaired) electrons. The molecule has 0 aromatic rings. The summed E-state index contributed by atoms with van der Waals surface area (Å²) in [6.45, 7) is 0. The molecule has 0 aliphatic carbocycles. The highest BCUT2D eigenvalue weighted by molar-refractivity contribution is 5.97. The lowest BCUT2D eigenvalue weighted by atomic mass is 10.3. The zero-order chi connectivity index (χ0) is 9.14. The van der Waals surface area contributed by atoms with Crippen molar-refractivity contribution in [2.45, 2.75) is 12.7 Å². The van der Waals surface area contributed by atoms with E-state index in [0.717, 1.165) is 0 Å². The summed E-state index contributed by atoms with van der Waals surface area (Å²) in [5.41, 5.74) is 0. The average molecular weight is 177 g/mol. The van der Waals surface area contributed by atoms with Gasteiger partial charge in [0.05, 0.1) is 6.42 Å². The van der Waals surface area contributed by atoms with Crippen LogP contribution < -0.4 is 0 Å². The van der Waals surface area contributed by atoms with Gasteiger partial charge >= 0.3 is 11.1 Å². The Balaban J connectivity index is 2.25. The van der Waals surface area contributed by atoms with Crippen molar-refractivity contribution in [1.29, 1.82) is 0 Å². The van der Waals surface area contributed by atoms with E-state index in [9.17, 15) is 19.7 Å². The van der Waals surface area contributed by atoms with Gasteiger partial charge in [-0.15, -0.1) is 10.1 Å². The molecule has 1 fully saturated rings. The minimum Gasteiger partial charge on any atom is -0.293 e. The fourth-order valence-corrected chi connectivity index (χ4v) is 0.476. The van der Waals surface area contributed by atoms with Crippen LogP contribution >= 0.6 is 0 Å². The van der Waals surface area contributed by atoms with Crippen molar-refractivity contribution in [3.63, 3.8) is 0 Å². The van der Waals surface area contributed by atoms with E-state index in [1.165, 1.54) is 0 Å². The molecule has 1 aliphatic rings. The summed E-state index contributed by atoms with van der Waals surface area (Å²) in [7, 11) is 0. The van der Waals surface area contributed by atoms with E-state index < -0.39 is 29.6 Å². The number of rotatable bonds is 4. The van der Waals surface area contributed by atoms with Gasteiger partial charge in [0.15, 0.2) is 0 Å². The summed E-state index contributed by atoms with van der Waals surface area (Å²) in [5, 5.41) is 8.28. The Kier molecular flexibility index (Phi) is 2.31. The molecular formula is C4H3NO7. The highest BCUT2D eigenvalue weighted by Gasteiger charge is 2.36. The third-order valence-electron chi connectivity index (χ3n) is 0.950. The van der Waals surface area contributed by atoms with Crippen LogP contribution in [0.25, 0.3) is 0 Å². The van der Waals surface area contributed by atoms with Crippen molar-refractivity contribution in [3.8, 4) is 0 Å². The average Bonchev–Trinajstić information content (AvgIpc) is 2.63. The molecule has 0 amide bonds. The fraction of sp³-hybridized carbons (Fsp3) is 0.500. The second kappa shape index (κ2) is 3.24. The first-order chi connectivity index (χ1) is 5.59. The van der Waals surface area contributed by atoms with E-state index in [4.69, 9.17) is 0 Å². The van der Waals surface area contributed by atoms with E-state index in [0.29, 0.717) is 0 Å². The van der Waals surface area contributed by atoms with E-state index in [-0.39, 0.29) is 0 Å². The van der Waals surface area contributed by atoms with Gasteiger partial charge in [-0.25, -0.2) is 4.84 Å². The zero-order valence-corrected chi connectivity index (χ0v) is 5.59. The maximum absolute atomic E-state index is 10.6. The summed E-state index contributed by atoms with van der Waals surface area (Å²) in [4.78, 5) is 42.1. The molecule has 8 heteroatoms. The molecule has 12 heavy (non-hydrogen) atoms. The Morgan fingerprint density at radius 3 is 2.50 bits per heavy atom. The molecule has 0 aromatic heterocycles. The van der Waals surface area contributed by atoms with E-state index in [1.807, 2.05) is 0 Å². The summed E-state index contributed by atoms with van der Waals surface area (Å²) in [6, 6.07) is 0. The number of hydrogen-bond acceptors (Lipinski definition) is 7. The minimum atomic E-state index is -1.29. The molecule has 8 nitrogen and oxygen atoms in total. The van der Waals surface area contributed by atoms with Gasteiger partial charge in [0.1, 0.15) is 0 Å². The van der Waals surface area contributed by atoms with Gasteiger partial charge in [-0.2, -0.15) is 9.78 Å². The first-order valence-corrected chi connectivity index (χ1v) is 2.79. The molecule has 1 aliphatic heterocycles. The Hall–Kier alpha value is -1.54. The number of ketones is 1. The molecule has 0 aromatic carbocycles. The van der Waals surface area contributed by atoms with Crippen LogP contribution in [0, 0.1) is 10.1 Å². The van der Waals surface area contributed by atoms with Crippen molar-refractivity contribution < 1.29 is 29.3 Å². The normalized spacial score (nSPS) is 15.3. The predicted molar refractivity (Wildman–Crippen MR) is 28.7 cm³/mol. The van der Waals surface area contributed by atoms with Crippen LogP contribution in [0.15, 0.2) is 0 Å². The van der Waals surface area contributed by atoms with Crippen molar-refractivity contribution >= 4 is 11.8 Å². The third kappa shape index (κ3) is 2.60. The first-order valence-electron chi connectivity index (χ1n) is 2.79. The summed E-state index contributed by atoms with van der Waals surface area (Å²) in [6.07, 6.45) is -1.80. The van der Waals surface area contributed by atoms with Crippen LogP contribution in [0.3, 0.4) is 0 Å². The third-order valence-corrected chi connectivity index (χ3v) is 0.950. The summed E-state index contributed by atoms with van der Waals surface area (Å²) < 4.78 is 0.